The topological polar surface area (TPSA) is 49.5 Å². The van der Waals surface area contributed by atoms with Gasteiger partial charge in [-0.2, -0.15) is 4.98 Å². The largest absolute Gasteiger partial charge is 0.423 e. The van der Waals surface area contributed by atoms with E-state index < -0.39 is 0 Å². The van der Waals surface area contributed by atoms with E-state index in [1.165, 1.54) is 0 Å². The lowest BCUT2D eigenvalue weighted by Gasteiger charge is -2.14. The first-order valence-corrected chi connectivity index (χ1v) is 5.41. The van der Waals surface area contributed by atoms with Crippen molar-refractivity contribution in [1.29, 1.82) is 0 Å². The molecule has 16 heavy (non-hydrogen) atoms. The third-order valence-electron chi connectivity index (χ3n) is 2.49. The molecule has 1 aromatic carbocycles. The molecular weight excluding hydrogens is 204 g/mol. The Balaban J connectivity index is 2.13. The maximum atomic E-state index is 9.21. The number of benzene rings is 1. The Morgan fingerprint density at radius 1 is 1.44 bits per heavy atom. The summed E-state index contributed by atoms with van der Waals surface area (Å²) in [5.41, 5.74) is 1.66. The Labute approximate surface area is 94.5 Å². The van der Waals surface area contributed by atoms with Crippen LogP contribution in [0.4, 0.5) is 6.01 Å². The van der Waals surface area contributed by atoms with Crippen molar-refractivity contribution in [2.75, 3.05) is 18.5 Å². The summed E-state index contributed by atoms with van der Waals surface area (Å²) < 4.78 is 5.60. The summed E-state index contributed by atoms with van der Waals surface area (Å²) in [5.74, 6) is 0. The number of aliphatic hydroxyl groups excluding tert-OH is 1. The van der Waals surface area contributed by atoms with Crippen LogP contribution in [0.15, 0.2) is 28.7 Å². The third kappa shape index (κ3) is 2.33. The molecule has 2 rings (SSSR count). The van der Waals surface area contributed by atoms with Gasteiger partial charge < -0.3 is 14.4 Å². The molecule has 0 bridgehead atoms. The van der Waals surface area contributed by atoms with Crippen molar-refractivity contribution >= 4 is 17.1 Å². The molecule has 86 valence electrons. The van der Waals surface area contributed by atoms with Gasteiger partial charge in [-0.15, -0.1) is 0 Å². The molecule has 0 saturated heterocycles. The fourth-order valence-corrected chi connectivity index (χ4v) is 1.50. The standard InChI is InChI=1S/C12H16N2O2/c1-9(15)7-8-14(2)12-13-10-5-3-4-6-11(10)16-12/h3-6,9,15H,7-8H2,1-2H3. The molecule has 1 aromatic heterocycles. The summed E-state index contributed by atoms with van der Waals surface area (Å²) in [7, 11) is 1.91. The zero-order chi connectivity index (χ0) is 11.5. The van der Waals surface area contributed by atoms with Gasteiger partial charge in [0.1, 0.15) is 5.52 Å². The Morgan fingerprint density at radius 2 is 2.19 bits per heavy atom. The van der Waals surface area contributed by atoms with Crippen molar-refractivity contribution in [2.45, 2.75) is 19.4 Å². The van der Waals surface area contributed by atoms with E-state index in [-0.39, 0.29) is 6.10 Å². The lowest BCUT2D eigenvalue weighted by molar-refractivity contribution is 0.186. The minimum absolute atomic E-state index is 0.299. The highest BCUT2D eigenvalue weighted by Gasteiger charge is 2.10. The molecule has 4 heteroatoms. The van der Waals surface area contributed by atoms with Gasteiger partial charge in [0, 0.05) is 13.6 Å². The van der Waals surface area contributed by atoms with Crippen LogP contribution in [0.1, 0.15) is 13.3 Å². The lowest BCUT2D eigenvalue weighted by atomic mass is 10.3. The van der Waals surface area contributed by atoms with Crippen molar-refractivity contribution in [3.05, 3.63) is 24.3 Å². The van der Waals surface area contributed by atoms with Crippen LogP contribution < -0.4 is 4.90 Å². The zero-order valence-corrected chi connectivity index (χ0v) is 9.55. The monoisotopic (exact) mass is 220 g/mol. The van der Waals surface area contributed by atoms with Gasteiger partial charge >= 0.3 is 0 Å². The van der Waals surface area contributed by atoms with Crippen molar-refractivity contribution in [2.24, 2.45) is 0 Å². The Morgan fingerprint density at radius 3 is 2.88 bits per heavy atom. The van der Waals surface area contributed by atoms with Crippen LogP contribution in [0.5, 0.6) is 0 Å². The summed E-state index contributed by atoms with van der Waals surface area (Å²) in [6, 6.07) is 8.28. The van der Waals surface area contributed by atoms with Crippen molar-refractivity contribution < 1.29 is 9.52 Å². The van der Waals surface area contributed by atoms with Gasteiger partial charge in [0.25, 0.3) is 6.01 Å². The second-order valence-electron chi connectivity index (χ2n) is 4.02. The van der Waals surface area contributed by atoms with E-state index in [1.807, 2.05) is 36.2 Å². The molecule has 0 aliphatic carbocycles. The number of para-hydroxylation sites is 2. The highest BCUT2D eigenvalue weighted by molar-refractivity contribution is 5.74. The van der Waals surface area contributed by atoms with Crippen LogP contribution >= 0.6 is 0 Å². The maximum Gasteiger partial charge on any atom is 0.298 e. The summed E-state index contributed by atoms with van der Waals surface area (Å²) in [4.78, 5) is 6.28. The summed E-state index contributed by atoms with van der Waals surface area (Å²) in [5, 5.41) is 9.21. The van der Waals surface area contributed by atoms with Gasteiger partial charge in [-0.3, -0.25) is 0 Å². The van der Waals surface area contributed by atoms with Crippen molar-refractivity contribution in [3.63, 3.8) is 0 Å². The number of fused-ring (bicyclic) bond motifs is 1. The minimum atomic E-state index is -0.299. The smallest absolute Gasteiger partial charge is 0.298 e. The molecular formula is C12H16N2O2. The molecule has 1 atom stereocenters. The van der Waals surface area contributed by atoms with Gasteiger partial charge in [-0.25, -0.2) is 0 Å². The first kappa shape index (κ1) is 11.0. The van der Waals surface area contributed by atoms with E-state index in [1.54, 1.807) is 6.92 Å². The number of anilines is 1. The van der Waals surface area contributed by atoms with Crippen LogP contribution in [0.2, 0.25) is 0 Å². The zero-order valence-electron chi connectivity index (χ0n) is 9.55. The van der Waals surface area contributed by atoms with Crippen LogP contribution in [-0.4, -0.2) is 29.8 Å². The molecule has 1 heterocycles. The van der Waals surface area contributed by atoms with E-state index in [0.717, 1.165) is 17.6 Å². The second-order valence-corrected chi connectivity index (χ2v) is 4.02. The predicted octanol–water partition coefficient (Wildman–Crippen LogP) is 2.03. The van der Waals surface area contributed by atoms with Crippen LogP contribution in [0.25, 0.3) is 11.1 Å². The van der Waals surface area contributed by atoms with E-state index in [2.05, 4.69) is 4.98 Å². The molecule has 0 aliphatic heterocycles. The first-order valence-electron chi connectivity index (χ1n) is 5.41. The van der Waals surface area contributed by atoms with E-state index in [9.17, 15) is 5.11 Å². The Kier molecular flexibility index (Phi) is 3.10. The molecule has 0 spiro atoms. The summed E-state index contributed by atoms with van der Waals surface area (Å²) in [6.45, 7) is 2.50. The number of aliphatic hydroxyl groups is 1. The van der Waals surface area contributed by atoms with Gasteiger partial charge in [0.05, 0.1) is 6.10 Å². The molecule has 4 nitrogen and oxygen atoms in total. The molecule has 0 fully saturated rings. The first-order chi connectivity index (χ1) is 7.66. The SMILES string of the molecule is CC(O)CCN(C)c1nc2ccccc2o1. The number of nitrogens with zero attached hydrogens (tertiary/aromatic N) is 2. The fraction of sp³-hybridized carbons (Fsp3) is 0.417. The van der Waals surface area contributed by atoms with Crippen molar-refractivity contribution in [3.8, 4) is 0 Å². The third-order valence-corrected chi connectivity index (χ3v) is 2.49. The number of aromatic nitrogens is 1. The lowest BCUT2D eigenvalue weighted by Crippen LogP contribution is -2.21. The predicted molar refractivity (Wildman–Crippen MR) is 63.6 cm³/mol. The summed E-state index contributed by atoms with van der Waals surface area (Å²) >= 11 is 0. The number of hydrogen-bond donors (Lipinski definition) is 1. The number of rotatable bonds is 4. The van der Waals surface area contributed by atoms with Gasteiger partial charge in [-0.05, 0) is 25.5 Å². The quantitative estimate of drug-likeness (QED) is 0.856. The van der Waals surface area contributed by atoms with Crippen LogP contribution in [0, 0.1) is 0 Å². The molecule has 2 aromatic rings. The highest BCUT2D eigenvalue weighted by Crippen LogP contribution is 2.20. The maximum absolute atomic E-state index is 9.21. The molecule has 0 aliphatic rings. The Bertz CT molecular complexity index is 432. The van der Waals surface area contributed by atoms with Gasteiger partial charge in [-0.1, -0.05) is 12.1 Å². The van der Waals surface area contributed by atoms with E-state index >= 15 is 0 Å². The van der Waals surface area contributed by atoms with E-state index in [4.69, 9.17) is 4.42 Å². The van der Waals surface area contributed by atoms with E-state index in [0.29, 0.717) is 12.4 Å². The average molecular weight is 220 g/mol. The fourth-order valence-electron chi connectivity index (χ4n) is 1.50. The number of hydrogen-bond acceptors (Lipinski definition) is 4. The minimum Gasteiger partial charge on any atom is -0.423 e. The van der Waals surface area contributed by atoms with Crippen molar-refractivity contribution in [1.82, 2.24) is 4.98 Å². The Hall–Kier alpha value is -1.55. The summed E-state index contributed by atoms with van der Waals surface area (Å²) in [6.07, 6.45) is 0.404. The normalized spacial score (nSPS) is 12.9. The second kappa shape index (κ2) is 4.53. The van der Waals surface area contributed by atoms with Gasteiger partial charge in [0.15, 0.2) is 5.58 Å². The molecule has 1 N–H and O–H groups in total. The molecule has 0 saturated carbocycles. The number of oxazole rings is 1. The van der Waals surface area contributed by atoms with Crippen LogP contribution in [-0.2, 0) is 0 Å². The highest BCUT2D eigenvalue weighted by atomic mass is 16.4. The molecule has 0 amide bonds. The molecule has 1 unspecified atom stereocenters. The molecule has 0 radical (unpaired) electrons. The van der Waals surface area contributed by atoms with Gasteiger partial charge in [0.2, 0.25) is 0 Å². The average Bonchev–Trinajstić information content (AvgIpc) is 2.69. The van der Waals surface area contributed by atoms with Crippen LogP contribution in [0.3, 0.4) is 0 Å².